The zero-order valence-electron chi connectivity index (χ0n) is 15.4. The van der Waals surface area contributed by atoms with Gasteiger partial charge in [-0.2, -0.15) is 0 Å². The van der Waals surface area contributed by atoms with Crippen LogP contribution in [0.2, 0.25) is 5.02 Å². The zero-order valence-corrected chi connectivity index (χ0v) is 16.9. The van der Waals surface area contributed by atoms with Gasteiger partial charge in [0.25, 0.3) is 0 Å². The van der Waals surface area contributed by atoms with E-state index in [-0.39, 0.29) is 0 Å². The smallest absolute Gasteiger partial charge is 0.321 e. The normalized spacial score (nSPS) is 11.9. The van der Waals surface area contributed by atoms with E-state index in [0.29, 0.717) is 29.2 Å². The Balaban J connectivity index is 2.23. The fourth-order valence-electron chi connectivity index (χ4n) is 2.24. The number of halogens is 1. The van der Waals surface area contributed by atoms with Gasteiger partial charge >= 0.3 is 6.03 Å². The lowest BCUT2D eigenvalue weighted by Crippen LogP contribution is -2.41. The molecule has 8 nitrogen and oxygen atoms in total. The molecule has 0 saturated carbocycles. The van der Waals surface area contributed by atoms with Gasteiger partial charge in [0.15, 0.2) is 11.0 Å². The van der Waals surface area contributed by atoms with Crippen LogP contribution in [0.15, 0.2) is 29.4 Å². The van der Waals surface area contributed by atoms with E-state index in [9.17, 15) is 9.59 Å². The van der Waals surface area contributed by atoms with Crippen LogP contribution in [-0.2, 0) is 16.1 Å². The highest BCUT2D eigenvalue weighted by molar-refractivity contribution is 8.00. The van der Waals surface area contributed by atoms with Crippen LogP contribution < -0.4 is 10.6 Å². The van der Waals surface area contributed by atoms with Crippen LogP contribution in [0.3, 0.4) is 0 Å². The number of thioether (sulfide) groups is 1. The largest absolute Gasteiger partial charge is 0.385 e. The number of rotatable bonds is 8. The maximum atomic E-state index is 12.1. The third-order valence-corrected chi connectivity index (χ3v) is 5.00. The number of amides is 3. The number of urea groups is 1. The molecule has 2 N–H and O–H groups in total. The summed E-state index contributed by atoms with van der Waals surface area (Å²) >= 11 is 7.20. The summed E-state index contributed by atoms with van der Waals surface area (Å²) in [6.07, 6.45) is 0.765. The van der Waals surface area contributed by atoms with Gasteiger partial charge in [0.1, 0.15) is 0 Å². The van der Waals surface area contributed by atoms with Crippen molar-refractivity contribution >= 4 is 35.3 Å². The molecule has 27 heavy (non-hydrogen) atoms. The summed E-state index contributed by atoms with van der Waals surface area (Å²) in [5.74, 6) is 0.281. The van der Waals surface area contributed by atoms with Crippen molar-refractivity contribution in [3.8, 4) is 11.4 Å². The van der Waals surface area contributed by atoms with Crippen molar-refractivity contribution < 1.29 is 14.3 Å². The summed E-state index contributed by atoms with van der Waals surface area (Å²) in [4.78, 5) is 23.4. The van der Waals surface area contributed by atoms with E-state index in [1.54, 1.807) is 26.2 Å². The molecule has 146 valence electrons. The highest BCUT2D eigenvalue weighted by Crippen LogP contribution is 2.28. The molecule has 3 amide bonds. The molecule has 0 aliphatic heterocycles. The van der Waals surface area contributed by atoms with Gasteiger partial charge in [-0.25, -0.2) is 4.79 Å². The minimum Gasteiger partial charge on any atom is -0.385 e. The van der Waals surface area contributed by atoms with Crippen LogP contribution in [0.1, 0.15) is 13.3 Å². The molecule has 0 aliphatic carbocycles. The SMILES string of the molecule is CNC(=O)NC(=O)C(C)Sc1nnc(-c2ccc(Cl)cc2)n1CCCOC. The molecule has 1 atom stereocenters. The number of hydrogen-bond donors (Lipinski definition) is 2. The van der Waals surface area contributed by atoms with Crippen molar-refractivity contribution in [3.63, 3.8) is 0 Å². The van der Waals surface area contributed by atoms with Crippen molar-refractivity contribution in [2.45, 2.75) is 30.3 Å². The zero-order chi connectivity index (χ0) is 19.8. The molecule has 0 bridgehead atoms. The number of carbonyl (C=O) groups is 2. The van der Waals surface area contributed by atoms with Crippen LogP contribution in [-0.4, -0.2) is 52.7 Å². The van der Waals surface area contributed by atoms with Crippen molar-refractivity contribution in [3.05, 3.63) is 29.3 Å². The summed E-state index contributed by atoms with van der Waals surface area (Å²) in [5.41, 5.74) is 0.874. The van der Waals surface area contributed by atoms with E-state index in [2.05, 4.69) is 20.8 Å². The van der Waals surface area contributed by atoms with Gasteiger partial charge in [-0.1, -0.05) is 23.4 Å². The number of benzene rings is 1. The number of methoxy groups -OCH3 is 1. The Morgan fingerprint density at radius 2 is 2.00 bits per heavy atom. The molecule has 2 aromatic rings. The summed E-state index contributed by atoms with van der Waals surface area (Å²) < 4.78 is 7.07. The molecule has 0 saturated heterocycles. The highest BCUT2D eigenvalue weighted by Gasteiger charge is 2.21. The van der Waals surface area contributed by atoms with Crippen LogP contribution in [0.4, 0.5) is 4.79 Å². The van der Waals surface area contributed by atoms with E-state index >= 15 is 0 Å². The maximum absolute atomic E-state index is 12.1. The Morgan fingerprint density at radius 1 is 1.30 bits per heavy atom. The first kappa shape index (κ1) is 21.2. The third-order valence-electron chi connectivity index (χ3n) is 3.66. The average molecular weight is 412 g/mol. The van der Waals surface area contributed by atoms with Gasteiger partial charge in [0, 0.05) is 37.9 Å². The first-order valence-corrected chi connectivity index (χ1v) is 9.59. The number of ether oxygens (including phenoxy) is 1. The molecule has 0 radical (unpaired) electrons. The molecule has 1 heterocycles. The maximum Gasteiger partial charge on any atom is 0.321 e. The predicted octanol–water partition coefficient (Wildman–Crippen LogP) is 2.57. The highest BCUT2D eigenvalue weighted by atomic mass is 35.5. The van der Waals surface area contributed by atoms with Crippen LogP contribution in [0, 0.1) is 0 Å². The first-order valence-electron chi connectivity index (χ1n) is 8.33. The molecular formula is C17H22ClN5O3S. The van der Waals surface area contributed by atoms with Gasteiger partial charge in [-0.05, 0) is 37.6 Å². The van der Waals surface area contributed by atoms with Gasteiger partial charge in [-0.15, -0.1) is 10.2 Å². The number of imide groups is 1. The van der Waals surface area contributed by atoms with Crippen LogP contribution in [0.5, 0.6) is 0 Å². The lowest BCUT2D eigenvalue weighted by molar-refractivity contribution is -0.119. The summed E-state index contributed by atoms with van der Waals surface area (Å²) in [5, 5.41) is 13.8. The Morgan fingerprint density at radius 3 is 2.63 bits per heavy atom. The molecule has 1 unspecified atom stereocenters. The first-order chi connectivity index (χ1) is 13.0. The van der Waals surface area contributed by atoms with Gasteiger partial charge in [-0.3, -0.25) is 10.1 Å². The number of carbonyl (C=O) groups excluding carboxylic acids is 2. The minimum absolute atomic E-state index is 0.404. The Kier molecular flexibility index (Phi) is 8.08. The number of nitrogens with zero attached hydrogens (tertiary/aromatic N) is 3. The molecule has 2 rings (SSSR count). The van der Waals surface area contributed by atoms with Crippen molar-refractivity contribution in [1.82, 2.24) is 25.4 Å². The second-order valence-electron chi connectivity index (χ2n) is 5.64. The number of hydrogen-bond acceptors (Lipinski definition) is 6. The van der Waals surface area contributed by atoms with Crippen LogP contribution in [0.25, 0.3) is 11.4 Å². The Bertz CT molecular complexity index is 781. The average Bonchev–Trinajstić information content (AvgIpc) is 3.05. The van der Waals surface area contributed by atoms with Gasteiger partial charge in [0.2, 0.25) is 5.91 Å². The van der Waals surface area contributed by atoms with Crippen molar-refractivity contribution in [1.29, 1.82) is 0 Å². The molecule has 1 aromatic heterocycles. The lowest BCUT2D eigenvalue weighted by Gasteiger charge is -2.13. The van der Waals surface area contributed by atoms with Crippen molar-refractivity contribution in [2.24, 2.45) is 0 Å². The Labute approximate surface area is 167 Å². The number of aromatic nitrogens is 3. The van der Waals surface area contributed by atoms with E-state index in [4.69, 9.17) is 16.3 Å². The van der Waals surface area contributed by atoms with Gasteiger partial charge < -0.3 is 14.6 Å². The summed E-state index contributed by atoms with van der Waals surface area (Å²) in [6.45, 7) is 2.93. The van der Waals surface area contributed by atoms with Crippen molar-refractivity contribution in [2.75, 3.05) is 20.8 Å². The van der Waals surface area contributed by atoms with E-state index < -0.39 is 17.2 Å². The Hall–Kier alpha value is -2.10. The van der Waals surface area contributed by atoms with E-state index in [0.717, 1.165) is 12.0 Å². The molecule has 0 aliphatic rings. The topological polar surface area (TPSA) is 98.1 Å². The monoisotopic (exact) mass is 411 g/mol. The molecule has 0 spiro atoms. The minimum atomic E-state index is -0.545. The quantitative estimate of drug-likeness (QED) is 0.511. The second-order valence-corrected chi connectivity index (χ2v) is 7.38. The number of nitrogens with one attached hydrogen (secondary N) is 2. The van der Waals surface area contributed by atoms with Crippen LogP contribution >= 0.6 is 23.4 Å². The third kappa shape index (κ3) is 5.95. The van der Waals surface area contributed by atoms with E-state index in [1.807, 2.05) is 16.7 Å². The second kappa shape index (κ2) is 10.3. The molecule has 0 fully saturated rings. The predicted molar refractivity (Wildman–Crippen MR) is 105 cm³/mol. The summed E-state index contributed by atoms with van der Waals surface area (Å²) in [6, 6.07) is 6.77. The molecule has 10 heteroatoms. The molecule has 1 aromatic carbocycles. The van der Waals surface area contributed by atoms with Gasteiger partial charge in [0.05, 0.1) is 5.25 Å². The fourth-order valence-corrected chi connectivity index (χ4v) is 3.25. The summed E-state index contributed by atoms with van der Waals surface area (Å²) in [7, 11) is 3.10. The standard InChI is InChI=1S/C17H22ClN5O3S/c1-11(15(24)20-16(25)19-2)27-17-22-21-14(23(17)9-4-10-26-3)12-5-7-13(18)8-6-12/h5-8,11H,4,9-10H2,1-3H3,(H2,19,20,24,25). The fraction of sp³-hybridized carbons (Fsp3) is 0.412. The van der Waals surface area contributed by atoms with E-state index in [1.165, 1.54) is 18.8 Å². The molecular weight excluding hydrogens is 390 g/mol. The lowest BCUT2D eigenvalue weighted by atomic mass is 10.2.